The highest BCUT2D eigenvalue weighted by Gasteiger charge is 2.30. The van der Waals surface area contributed by atoms with Crippen molar-refractivity contribution in [1.82, 2.24) is 5.32 Å². The van der Waals surface area contributed by atoms with Crippen LogP contribution in [0.15, 0.2) is 24.3 Å². The Hall–Kier alpha value is -0.720. The first-order chi connectivity index (χ1) is 9.15. The molecule has 0 aliphatic carbocycles. The first kappa shape index (κ1) is 17.3. The summed E-state index contributed by atoms with van der Waals surface area (Å²) >= 11 is 1.69. The number of aliphatic hydroxyl groups is 1. The van der Waals surface area contributed by atoms with Crippen molar-refractivity contribution in [3.63, 3.8) is 0 Å². The highest BCUT2D eigenvalue weighted by molar-refractivity contribution is 7.99. The van der Waals surface area contributed by atoms with Gasteiger partial charge in [0, 0.05) is 17.8 Å². The standard InChI is InChI=1S/C14H20F3NOS/c1-13(2,20-3)9-18-8-12(19)10-5-4-6-11(7-10)14(15,16)17/h4-7,12,18-19H,8-9H2,1-3H3. The van der Waals surface area contributed by atoms with Gasteiger partial charge in [0.15, 0.2) is 0 Å². The van der Waals surface area contributed by atoms with Gasteiger partial charge in [0.25, 0.3) is 0 Å². The van der Waals surface area contributed by atoms with Crippen molar-refractivity contribution in [3.8, 4) is 0 Å². The van der Waals surface area contributed by atoms with Crippen molar-refractivity contribution in [2.75, 3.05) is 19.3 Å². The summed E-state index contributed by atoms with van der Waals surface area (Å²) in [6.45, 7) is 5.01. The second-order valence-electron chi connectivity index (χ2n) is 5.23. The maximum absolute atomic E-state index is 12.6. The normalized spacial score (nSPS) is 14.3. The Kier molecular flexibility index (Phi) is 5.91. The molecule has 1 rings (SSSR count). The van der Waals surface area contributed by atoms with E-state index in [4.69, 9.17) is 0 Å². The van der Waals surface area contributed by atoms with E-state index in [9.17, 15) is 18.3 Å². The van der Waals surface area contributed by atoms with Crippen LogP contribution in [0, 0.1) is 0 Å². The van der Waals surface area contributed by atoms with Gasteiger partial charge in [-0.3, -0.25) is 0 Å². The summed E-state index contributed by atoms with van der Waals surface area (Å²) in [7, 11) is 0. The van der Waals surface area contributed by atoms with Crippen LogP contribution in [0.5, 0.6) is 0 Å². The summed E-state index contributed by atoms with van der Waals surface area (Å²) in [6, 6.07) is 4.81. The van der Waals surface area contributed by atoms with Gasteiger partial charge in [-0.05, 0) is 37.8 Å². The topological polar surface area (TPSA) is 32.3 Å². The van der Waals surface area contributed by atoms with Crippen LogP contribution < -0.4 is 5.32 Å². The maximum Gasteiger partial charge on any atom is 0.416 e. The summed E-state index contributed by atoms with van der Waals surface area (Å²) < 4.78 is 37.8. The molecule has 2 N–H and O–H groups in total. The molecular weight excluding hydrogens is 287 g/mol. The van der Waals surface area contributed by atoms with Crippen molar-refractivity contribution in [2.24, 2.45) is 0 Å². The molecule has 0 aliphatic heterocycles. The van der Waals surface area contributed by atoms with Crippen LogP contribution in [0.2, 0.25) is 0 Å². The second-order valence-corrected chi connectivity index (χ2v) is 6.75. The zero-order chi connectivity index (χ0) is 15.4. The van der Waals surface area contributed by atoms with Gasteiger partial charge in [0.1, 0.15) is 0 Å². The second kappa shape index (κ2) is 6.83. The van der Waals surface area contributed by atoms with E-state index >= 15 is 0 Å². The van der Waals surface area contributed by atoms with Crippen LogP contribution >= 0.6 is 11.8 Å². The molecule has 20 heavy (non-hydrogen) atoms. The fourth-order valence-electron chi connectivity index (χ4n) is 1.62. The van der Waals surface area contributed by atoms with E-state index in [0.29, 0.717) is 6.54 Å². The molecule has 0 radical (unpaired) electrons. The van der Waals surface area contributed by atoms with Gasteiger partial charge in [-0.2, -0.15) is 24.9 Å². The van der Waals surface area contributed by atoms with Gasteiger partial charge in [0.2, 0.25) is 0 Å². The average Bonchev–Trinajstić information content (AvgIpc) is 2.37. The molecule has 6 heteroatoms. The third-order valence-electron chi connectivity index (χ3n) is 3.04. The fraction of sp³-hybridized carbons (Fsp3) is 0.571. The van der Waals surface area contributed by atoms with Crippen molar-refractivity contribution in [1.29, 1.82) is 0 Å². The number of aliphatic hydroxyl groups excluding tert-OH is 1. The maximum atomic E-state index is 12.6. The summed E-state index contributed by atoms with van der Waals surface area (Å²) in [5.74, 6) is 0. The fourth-order valence-corrected chi connectivity index (χ4v) is 1.87. The molecule has 0 saturated heterocycles. The van der Waals surface area contributed by atoms with Crippen molar-refractivity contribution >= 4 is 11.8 Å². The van der Waals surface area contributed by atoms with Crippen molar-refractivity contribution < 1.29 is 18.3 Å². The Morgan fingerprint density at radius 1 is 1.30 bits per heavy atom. The predicted octanol–water partition coefficient (Wildman–Crippen LogP) is 3.47. The molecule has 1 aromatic carbocycles. The molecule has 0 aliphatic rings. The lowest BCUT2D eigenvalue weighted by Crippen LogP contribution is -2.34. The highest BCUT2D eigenvalue weighted by atomic mass is 32.2. The molecule has 0 saturated carbocycles. The molecule has 114 valence electrons. The van der Waals surface area contributed by atoms with Gasteiger partial charge in [0.05, 0.1) is 11.7 Å². The summed E-state index contributed by atoms with van der Waals surface area (Å²) in [4.78, 5) is 0. The molecular formula is C14H20F3NOS. The SMILES string of the molecule is CSC(C)(C)CNCC(O)c1cccc(C(F)(F)F)c1. The third-order valence-corrected chi connectivity index (χ3v) is 4.29. The number of nitrogens with one attached hydrogen (secondary N) is 1. The van der Waals surface area contributed by atoms with E-state index < -0.39 is 17.8 Å². The summed E-state index contributed by atoms with van der Waals surface area (Å²) in [6.07, 6.45) is -3.34. The van der Waals surface area contributed by atoms with Gasteiger partial charge in [-0.15, -0.1) is 0 Å². The Bertz CT molecular complexity index is 435. The Labute approximate surface area is 121 Å². The van der Waals surface area contributed by atoms with Crippen LogP contribution in [0.3, 0.4) is 0 Å². The molecule has 0 aromatic heterocycles. The lowest BCUT2D eigenvalue weighted by atomic mass is 10.1. The van der Waals surface area contributed by atoms with Gasteiger partial charge < -0.3 is 10.4 Å². The molecule has 0 amide bonds. The smallest absolute Gasteiger partial charge is 0.387 e. The van der Waals surface area contributed by atoms with Crippen LogP contribution in [-0.2, 0) is 6.18 Å². The van der Waals surface area contributed by atoms with Crippen molar-refractivity contribution in [3.05, 3.63) is 35.4 Å². The van der Waals surface area contributed by atoms with E-state index in [1.165, 1.54) is 12.1 Å². The van der Waals surface area contributed by atoms with E-state index in [2.05, 4.69) is 19.2 Å². The molecule has 0 heterocycles. The Balaban J connectivity index is 2.62. The van der Waals surface area contributed by atoms with Gasteiger partial charge >= 0.3 is 6.18 Å². The zero-order valence-corrected chi connectivity index (χ0v) is 12.6. The molecule has 1 unspecified atom stereocenters. The molecule has 0 spiro atoms. The minimum Gasteiger partial charge on any atom is -0.387 e. The monoisotopic (exact) mass is 307 g/mol. The number of benzene rings is 1. The number of hydrogen-bond acceptors (Lipinski definition) is 3. The van der Waals surface area contributed by atoms with Gasteiger partial charge in [-0.1, -0.05) is 12.1 Å². The quantitative estimate of drug-likeness (QED) is 0.844. The number of alkyl halides is 3. The summed E-state index contributed by atoms with van der Waals surface area (Å²) in [5, 5.41) is 13.0. The largest absolute Gasteiger partial charge is 0.416 e. The van der Waals surface area contributed by atoms with Crippen molar-refractivity contribution in [2.45, 2.75) is 30.9 Å². The lowest BCUT2D eigenvalue weighted by Gasteiger charge is -2.23. The first-order valence-corrected chi connectivity index (χ1v) is 7.49. The van der Waals surface area contributed by atoms with Gasteiger partial charge in [-0.25, -0.2) is 0 Å². The van der Waals surface area contributed by atoms with E-state index in [1.807, 2.05) is 6.26 Å². The van der Waals surface area contributed by atoms with Crippen LogP contribution in [0.25, 0.3) is 0 Å². The molecule has 1 aromatic rings. The predicted molar refractivity (Wildman–Crippen MR) is 76.9 cm³/mol. The molecule has 0 fully saturated rings. The molecule has 1 atom stereocenters. The molecule has 2 nitrogen and oxygen atoms in total. The number of halogens is 3. The summed E-state index contributed by atoms with van der Waals surface area (Å²) in [5.41, 5.74) is -0.465. The number of rotatable bonds is 6. The van der Waals surface area contributed by atoms with E-state index in [1.54, 1.807) is 11.8 Å². The molecule has 0 bridgehead atoms. The van der Waals surface area contributed by atoms with Crippen LogP contribution in [0.4, 0.5) is 13.2 Å². The number of hydrogen-bond donors (Lipinski definition) is 2. The highest BCUT2D eigenvalue weighted by Crippen LogP contribution is 2.30. The number of thioether (sulfide) groups is 1. The van der Waals surface area contributed by atoms with E-state index in [0.717, 1.165) is 12.1 Å². The average molecular weight is 307 g/mol. The Morgan fingerprint density at radius 2 is 1.95 bits per heavy atom. The minimum absolute atomic E-state index is 0.0214. The first-order valence-electron chi connectivity index (χ1n) is 6.27. The Morgan fingerprint density at radius 3 is 2.50 bits per heavy atom. The zero-order valence-electron chi connectivity index (χ0n) is 11.8. The van der Waals surface area contributed by atoms with Crippen LogP contribution in [-0.4, -0.2) is 29.2 Å². The minimum atomic E-state index is -4.38. The lowest BCUT2D eigenvalue weighted by molar-refractivity contribution is -0.137. The van der Waals surface area contributed by atoms with Crippen LogP contribution in [0.1, 0.15) is 31.1 Å². The van der Waals surface area contributed by atoms with E-state index in [-0.39, 0.29) is 16.9 Å². The third kappa shape index (κ3) is 5.34.